The lowest BCUT2D eigenvalue weighted by Crippen LogP contribution is -2.37. The SMILES string of the molecule is COc1ccc(S(=O)(=O)N(CCc2sccc2C=CCO)CC(=O)O)cc1. The van der Waals surface area contributed by atoms with Gasteiger partial charge in [0.2, 0.25) is 10.0 Å². The number of hydrogen-bond donors (Lipinski definition) is 2. The Balaban J connectivity index is 2.22. The summed E-state index contributed by atoms with van der Waals surface area (Å²) in [6.45, 7) is -0.686. The molecule has 0 saturated heterocycles. The topological polar surface area (TPSA) is 104 Å². The highest BCUT2D eigenvalue weighted by atomic mass is 32.2. The highest BCUT2D eigenvalue weighted by Gasteiger charge is 2.26. The zero-order valence-electron chi connectivity index (χ0n) is 14.7. The zero-order valence-corrected chi connectivity index (χ0v) is 16.4. The normalized spacial score (nSPS) is 12.0. The molecule has 0 aliphatic carbocycles. The van der Waals surface area contributed by atoms with Crippen molar-refractivity contribution in [3.63, 3.8) is 0 Å². The van der Waals surface area contributed by atoms with E-state index in [0.717, 1.165) is 14.7 Å². The quantitative estimate of drug-likeness (QED) is 0.620. The van der Waals surface area contributed by atoms with Gasteiger partial charge in [0.15, 0.2) is 0 Å². The summed E-state index contributed by atoms with van der Waals surface area (Å²) in [6, 6.07) is 7.69. The molecule has 0 amide bonds. The molecule has 0 fully saturated rings. The van der Waals surface area contributed by atoms with Crippen molar-refractivity contribution in [1.29, 1.82) is 0 Å². The second kappa shape index (κ2) is 9.65. The van der Waals surface area contributed by atoms with Crippen LogP contribution in [0.4, 0.5) is 0 Å². The zero-order chi connectivity index (χ0) is 19.9. The molecule has 1 aromatic carbocycles. The number of aliphatic hydroxyl groups excluding tert-OH is 1. The van der Waals surface area contributed by atoms with Gasteiger partial charge in [-0.1, -0.05) is 12.2 Å². The predicted molar refractivity (Wildman–Crippen MR) is 104 cm³/mol. The Morgan fingerprint density at radius 2 is 1.96 bits per heavy atom. The van der Waals surface area contributed by atoms with Gasteiger partial charge in [-0.05, 0) is 47.7 Å². The second-order valence-corrected chi connectivity index (χ2v) is 8.48. The van der Waals surface area contributed by atoms with Crippen molar-refractivity contribution >= 4 is 33.4 Å². The number of aliphatic carboxylic acids is 1. The van der Waals surface area contributed by atoms with E-state index in [1.807, 2.05) is 11.4 Å². The first-order valence-corrected chi connectivity index (χ1v) is 10.4. The average Bonchev–Trinajstić information content (AvgIpc) is 3.10. The van der Waals surface area contributed by atoms with E-state index in [0.29, 0.717) is 12.2 Å². The summed E-state index contributed by atoms with van der Waals surface area (Å²) >= 11 is 1.45. The summed E-state index contributed by atoms with van der Waals surface area (Å²) in [4.78, 5) is 12.1. The molecule has 0 saturated carbocycles. The van der Waals surface area contributed by atoms with E-state index < -0.39 is 22.5 Å². The number of methoxy groups -OCH3 is 1. The number of sulfonamides is 1. The molecule has 1 aromatic heterocycles. The van der Waals surface area contributed by atoms with Crippen molar-refractivity contribution in [3.8, 4) is 5.75 Å². The van der Waals surface area contributed by atoms with Crippen LogP contribution in [0.3, 0.4) is 0 Å². The van der Waals surface area contributed by atoms with E-state index in [-0.39, 0.29) is 18.0 Å². The Kier molecular flexibility index (Phi) is 7.55. The number of ether oxygens (including phenoxy) is 1. The van der Waals surface area contributed by atoms with Crippen molar-refractivity contribution in [2.45, 2.75) is 11.3 Å². The van der Waals surface area contributed by atoms with E-state index in [1.165, 1.54) is 42.7 Å². The van der Waals surface area contributed by atoms with Crippen molar-refractivity contribution in [2.24, 2.45) is 0 Å². The summed E-state index contributed by atoms with van der Waals surface area (Å²) < 4.78 is 31.7. The van der Waals surface area contributed by atoms with Gasteiger partial charge in [0.25, 0.3) is 0 Å². The molecule has 2 rings (SSSR count). The number of hydrogen-bond acceptors (Lipinski definition) is 6. The average molecular weight is 412 g/mol. The van der Waals surface area contributed by atoms with Crippen LogP contribution in [-0.2, 0) is 21.2 Å². The van der Waals surface area contributed by atoms with Gasteiger partial charge >= 0.3 is 5.97 Å². The molecule has 0 aliphatic rings. The third kappa shape index (κ3) is 5.64. The highest BCUT2D eigenvalue weighted by molar-refractivity contribution is 7.89. The molecule has 0 bridgehead atoms. The van der Waals surface area contributed by atoms with E-state index >= 15 is 0 Å². The molecule has 146 valence electrons. The molecule has 9 heteroatoms. The van der Waals surface area contributed by atoms with Crippen molar-refractivity contribution < 1.29 is 28.2 Å². The van der Waals surface area contributed by atoms with Crippen molar-refractivity contribution in [3.05, 3.63) is 52.2 Å². The third-order valence-electron chi connectivity index (χ3n) is 3.78. The molecule has 0 unspecified atom stereocenters. The Labute approximate surface area is 162 Å². The Morgan fingerprint density at radius 1 is 1.26 bits per heavy atom. The van der Waals surface area contributed by atoms with Crippen molar-refractivity contribution in [2.75, 3.05) is 26.8 Å². The van der Waals surface area contributed by atoms with Gasteiger partial charge in [-0.2, -0.15) is 4.31 Å². The maximum atomic E-state index is 12.9. The fourth-order valence-corrected chi connectivity index (χ4v) is 4.69. The number of carboxylic acid groups (broad SMARTS) is 1. The van der Waals surface area contributed by atoms with E-state index in [9.17, 15) is 13.2 Å². The van der Waals surface area contributed by atoms with Crippen LogP contribution in [-0.4, -0.2) is 55.7 Å². The van der Waals surface area contributed by atoms with Gasteiger partial charge in [0.1, 0.15) is 12.3 Å². The predicted octanol–water partition coefficient (Wildman–Crippen LogP) is 2.08. The van der Waals surface area contributed by atoms with Gasteiger partial charge in [-0.3, -0.25) is 4.79 Å². The Bertz CT molecular complexity index is 887. The highest BCUT2D eigenvalue weighted by Crippen LogP contribution is 2.23. The lowest BCUT2D eigenvalue weighted by atomic mass is 10.2. The summed E-state index contributed by atoms with van der Waals surface area (Å²) in [7, 11) is -2.48. The smallest absolute Gasteiger partial charge is 0.318 e. The molecule has 0 aliphatic heterocycles. The lowest BCUT2D eigenvalue weighted by molar-refractivity contribution is -0.137. The number of carboxylic acids is 1. The van der Waals surface area contributed by atoms with Crippen LogP contribution in [0.5, 0.6) is 5.75 Å². The standard InChI is InChI=1S/C18H21NO6S2/c1-25-15-4-6-16(7-5-15)27(23,24)19(13-18(21)22)10-8-17-14(3-2-11-20)9-12-26-17/h2-7,9,12,20H,8,10-11,13H2,1H3,(H,21,22). The first-order valence-electron chi connectivity index (χ1n) is 8.08. The van der Waals surface area contributed by atoms with Crippen LogP contribution in [0.15, 0.2) is 46.7 Å². The number of nitrogens with zero attached hydrogens (tertiary/aromatic N) is 1. The fourth-order valence-electron chi connectivity index (χ4n) is 2.44. The van der Waals surface area contributed by atoms with Crippen LogP contribution in [0, 0.1) is 0 Å². The van der Waals surface area contributed by atoms with Crippen LogP contribution in [0.25, 0.3) is 6.08 Å². The summed E-state index contributed by atoms with van der Waals surface area (Å²) in [5.74, 6) is -0.712. The first kappa shape index (κ1) is 21.1. The minimum Gasteiger partial charge on any atom is -0.497 e. The minimum absolute atomic E-state index is 0.0103. The first-order chi connectivity index (χ1) is 12.9. The molecule has 2 aromatic rings. The summed E-state index contributed by atoms with van der Waals surface area (Å²) in [5.41, 5.74) is 0.881. The summed E-state index contributed by atoms with van der Waals surface area (Å²) in [5, 5.41) is 19.9. The largest absolute Gasteiger partial charge is 0.497 e. The number of thiophene rings is 1. The van der Waals surface area contributed by atoms with Gasteiger partial charge < -0.3 is 14.9 Å². The maximum absolute atomic E-state index is 12.9. The molecule has 0 atom stereocenters. The number of carbonyl (C=O) groups is 1. The number of aliphatic hydroxyl groups is 1. The van der Waals surface area contributed by atoms with E-state index in [2.05, 4.69) is 0 Å². The third-order valence-corrected chi connectivity index (χ3v) is 6.64. The second-order valence-electron chi connectivity index (χ2n) is 5.54. The molecule has 0 radical (unpaired) electrons. The van der Waals surface area contributed by atoms with Crippen LogP contribution in [0.2, 0.25) is 0 Å². The van der Waals surface area contributed by atoms with Gasteiger partial charge in [-0.25, -0.2) is 8.42 Å². The number of rotatable bonds is 10. The van der Waals surface area contributed by atoms with Crippen LogP contribution < -0.4 is 4.74 Å². The van der Waals surface area contributed by atoms with Crippen molar-refractivity contribution in [1.82, 2.24) is 4.31 Å². The minimum atomic E-state index is -3.96. The van der Waals surface area contributed by atoms with Crippen LogP contribution >= 0.6 is 11.3 Å². The Hall–Kier alpha value is -2.20. The molecule has 0 spiro atoms. The molecule has 1 heterocycles. The molecular formula is C18H21NO6S2. The molecule has 2 N–H and O–H groups in total. The van der Waals surface area contributed by atoms with Gasteiger partial charge in [0.05, 0.1) is 18.6 Å². The van der Waals surface area contributed by atoms with E-state index in [1.54, 1.807) is 12.2 Å². The maximum Gasteiger partial charge on any atom is 0.318 e. The Morgan fingerprint density at radius 3 is 2.56 bits per heavy atom. The summed E-state index contributed by atoms with van der Waals surface area (Å²) in [6.07, 6.45) is 3.71. The van der Waals surface area contributed by atoms with Crippen LogP contribution in [0.1, 0.15) is 10.4 Å². The molecule has 27 heavy (non-hydrogen) atoms. The fraction of sp³-hybridized carbons (Fsp3) is 0.278. The molecule has 7 nitrogen and oxygen atoms in total. The monoisotopic (exact) mass is 411 g/mol. The van der Waals surface area contributed by atoms with E-state index in [4.69, 9.17) is 14.9 Å². The molecular weight excluding hydrogens is 390 g/mol. The lowest BCUT2D eigenvalue weighted by Gasteiger charge is -2.20. The van der Waals surface area contributed by atoms with Gasteiger partial charge in [-0.15, -0.1) is 11.3 Å². The van der Waals surface area contributed by atoms with Gasteiger partial charge in [0, 0.05) is 11.4 Å². The number of benzene rings is 1.